The minimum Gasteiger partial charge on any atom is -0.339 e. The lowest BCUT2D eigenvalue weighted by Crippen LogP contribution is -2.41. The molecule has 2 amide bonds. The van der Waals surface area contributed by atoms with Crippen LogP contribution in [-0.4, -0.2) is 40.0 Å². The van der Waals surface area contributed by atoms with Crippen LogP contribution in [0.5, 0.6) is 0 Å². The highest BCUT2D eigenvalue weighted by molar-refractivity contribution is 7.15. The maximum absolute atomic E-state index is 13.3. The third-order valence-electron chi connectivity index (χ3n) is 5.04. The van der Waals surface area contributed by atoms with Gasteiger partial charge in [-0.05, 0) is 37.5 Å². The fourth-order valence-corrected chi connectivity index (χ4v) is 4.23. The quantitative estimate of drug-likeness (QED) is 0.787. The summed E-state index contributed by atoms with van der Waals surface area (Å²) in [4.78, 5) is 26.7. The van der Waals surface area contributed by atoms with Crippen molar-refractivity contribution in [2.45, 2.75) is 45.4 Å². The Morgan fingerprint density at radius 3 is 2.75 bits per heavy atom. The van der Waals surface area contributed by atoms with Crippen molar-refractivity contribution in [1.29, 1.82) is 0 Å². The molecule has 8 heteroatoms. The highest BCUT2D eigenvalue weighted by Crippen LogP contribution is 2.27. The molecule has 1 fully saturated rings. The van der Waals surface area contributed by atoms with Crippen LogP contribution in [0.25, 0.3) is 0 Å². The Hall–Kier alpha value is -2.35. The molecule has 1 saturated heterocycles. The van der Waals surface area contributed by atoms with E-state index in [2.05, 4.69) is 29.4 Å². The minimum absolute atomic E-state index is 0.0799. The Bertz CT molecular complexity index is 833. The predicted octanol–water partition coefficient (Wildman–Crippen LogP) is 4.07. The molecule has 1 N–H and O–H groups in total. The van der Waals surface area contributed by atoms with Crippen LogP contribution in [0.15, 0.2) is 24.3 Å². The largest absolute Gasteiger partial charge is 0.339 e. The molecule has 6 nitrogen and oxygen atoms in total. The molecule has 1 aromatic heterocycles. The van der Waals surface area contributed by atoms with Gasteiger partial charge in [-0.3, -0.25) is 9.59 Å². The van der Waals surface area contributed by atoms with Gasteiger partial charge in [0.25, 0.3) is 5.91 Å². The molecule has 150 valence electrons. The monoisotopic (exact) mass is 404 g/mol. The standard InChI is InChI=1S/C20H25FN4O2S/c1-3-5-13(2)18-23-24-20(28-18)22-17(26)14-8-10-25(11-9-14)19(27)15-6-4-7-16(21)12-15/h4,6-7,12-14H,3,5,8-11H2,1-2H3,(H,22,24,26). The molecular formula is C20H25FN4O2S. The number of likely N-dealkylation sites (tertiary alicyclic amines) is 1. The van der Waals surface area contributed by atoms with Crippen LogP contribution in [0.2, 0.25) is 0 Å². The number of carbonyl (C=O) groups excluding carboxylic acids is 2. The first-order valence-electron chi connectivity index (χ1n) is 9.67. The first kappa shape index (κ1) is 20.4. The van der Waals surface area contributed by atoms with Gasteiger partial charge in [-0.25, -0.2) is 4.39 Å². The van der Waals surface area contributed by atoms with Crippen LogP contribution in [0, 0.1) is 11.7 Å². The van der Waals surface area contributed by atoms with E-state index in [1.165, 1.54) is 29.5 Å². The molecule has 1 aliphatic rings. The highest BCUT2D eigenvalue weighted by Gasteiger charge is 2.28. The molecule has 1 aromatic carbocycles. The molecule has 1 unspecified atom stereocenters. The van der Waals surface area contributed by atoms with E-state index in [0.29, 0.717) is 42.5 Å². The maximum atomic E-state index is 13.3. The van der Waals surface area contributed by atoms with E-state index < -0.39 is 5.82 Å². The molecule has 1 aliphatic heterocycles. The lowest BCUT2D eigenvalue weighted by atomic mass is 9.95. The number of nitrogens with one attached hydrogen (secondary N) is 1. The van der Waals surface area contributed by atoms with Gasteiger partial charge in [-0.1, -0.05) is 37.7 Å². The van der Waals surface area contributed by atoms with Crippen LogP contribution in [-0.2, 0) is 4.79 Å². The number of hydrogen-bond acceptors (Lipinski definition) is 5. The van der Waals surface area contributed by atoms with Crippen molar-refractivity contribution in [3.8, 4) is 0 Å². The SMILES string of the molecule is CCCC(C)c1nnc(NC(=O)C2CCN(C(=O)c3cccc(F)c3)CC2)s1. The Kier molecular flexibility index (Phi) is 6.72. The van der Waals surface area contributed by atoms with Crippen LogP contribution in [0.1, 0.15) is 60.8 Å². The molecule has 2 aromatic rings. The first-order chi connectivity index (χ1) is 13.5. The third-order valence-corrected chi connectivity index (χ3v) is 6.11. The normalized spacial score (nSPS) is 16.0. The number of anilines is 1. The van der Waals surface area contributed by atoms with E-state index in [1.54, 1.807) is 11.0 Å². The molecule has 0 radical (unpaired) electrons. The molecule has 2 heterocycles. The van der Waals surface area contributed by atoms with Gasteiger partial charge in [0.2, 0.25) is 11.0 Å². The number of aromatic nitrogens is 2. The zero-order chi connectivity index (χ0) is 20.1. The van der Waals surface area contributed by atoms with E-state index in [1.807, 2.05) is 0 Å². The summed E-state index contributed by atoms with van der Waals surface area (Å²) in [6, 6.07) is 5.69. The van der Waals surface area contributed by atoms with Gasteiger partial charge in [0, 0.05) is 30.5 Å². The van der Waals surface area contributed by atoms with Crippen LogP contribution >= 0.6 is 11.3 Å². The molecule has 0 aliphatic carbocycles. The van der Waals surface area contributed by atoms with Gasteiger partial charge in [0.15, 0.2) is 0 Å². The van der Waals surface area contributed by atoms with Crippen molar-refractivity contribution < 1.29 is 14.0 Å². The fraction of sp³-hybridized carbons (Fsp3) is 0.500. The number of halogens is 1. The summed E-state index contributed by atoms with van der Waals surface area (Å²) in [5.74, 6) is -0.535. The van der Waals surface area contributed by atoms with Crippen molar-refractivity contribution in [2.24, 2.45) is 5.92 Å². The average Bonchev–Trinajstić information content (AvgIpc) is 3.16. The summed E-state index contributed by atoms with van der Waals surface area (Å²) in [7, 11) is 0. The van der Waals surface area contributed by atoms with Crippen molar-refractivity contribution in [3.05, 3.63) is 40.7 Å². The molecular weight excluding hydrogens is 379 g/mol. The number of carbonyl (C=O) groups is 2. The summed E-state index contributed by atoms with van der Waals surface area (Å²) in [6.45, 7) is 5.19. The van der Waals surface area contributed by atoms with E-state index in [9.17, 15) is 14.0 Å². The van der Waals surface area contributed by atoms with E-state index in [-0.39, 0.29) is 17.7 Å². The number of hydrogen-bond donors (Lipinski definition) is 1. The van der Waals surface area contributed by atoms with E-state index in [0.717, 1.165) is 17.8 Å². The van der Waals surface area contributed by atoms with Crippen LogP contribution < -0.4 is 5.32 Å². The maximum Gasteiger partial charge on any atom is 0.253 e. The second kappa shape index (κ2) is 9.23. The smallest absolute Gasteiger partial charge is 0.253 e. The van der Waals surface area contributed by atoms with Gasteiger partial charge >= 0.3 is 0 Å². The van der Waals surface area contributed by atoms with E-state index in [4.69, 9.17) is 0 Å². The van der Waals surface area contributed by atoms with Gasteiger partial charge in [0.05, 0.1) is 0 Å². The first-order valence-corrected chi connectivity index (χ1v) is 10.5. The van der Waals surface area contributed by atoms with Gasteiger partial charge in [-0.15, -0.1) is 10.2 Å². The predicted molar refractivity (Wildman–Crippen MR) is 107 cm³/mol. The molecule has 3 rings (SSSR count). The van der Waals surface area contributed by atoms with Crippen molar-refractivity contribution in [3.63, 3.8) is 0 Å². The van der Waals surface area contributed by atoms with Gasteiger partial charge < -0.3 is 10.2 Å². The zero-order valence-electron chi connectivity index (χ0n) is 16.2. The second-order valence-electron chi connectivity index (χ2n) is 7.20. The second-order valence-corrected chi connectivity index (χ2v) is 8.21. The summed E-state index contributed by atoms with van der Waals surface area (Å²) in [5, 5.41) is 12.6. The Balaban J connectivity index is 1.52. The molecule has 0 saturated carbocycles. The van der Waals surface area contributed by atoms with Crippen LogP contribution in [0.3, 0.4) is 0 Å². The summed E-state index contributed by atoms with van der Waals surface area (Å²) >= 11 is 1.42. The van der Waals surface area contributed by atoms with Crippen molar-refractivity contribution in [1.82, 2.24) is 15.1 Å². The van der Waals surface area contributed by atoms with Crippen molar-refractivity contribution in [2.75, 3.05) is 18.4 Å². The minimum atomic E-state index is -0.426. The third kappa shape index (κ3) is 4.92. The Morgan fingerprint density at radius 2 is 2.07 bits per heavy atom. The number of rotatable bonds is 6. The topological polar surface area (TPSA) is 75.2 Å². The van der Waals surface area contributed by atoms with Crippen LogP contribution in [0.4, 0.5) is 9.52 Å². The Morgan fingerprint density at radius 1 is 1.32 bits per heavy atom. The number of benzene rings is 1. The Labute approximate surface area is 168 Å². The van der Waals surface area contributed by atoms with Gasteiger partial charge in [0.1, 0.15) is 10.8 Å². The lowest BCUT2D eigenvalue weighted by Gasteiger charge is -2.31. The summed E-state index contributed by atoms with van der Waals surface area (Å²) in [6.07, 6.45) is 3.27. The molecule has 1 atom stereocenters. The lowest BCUT2D eigenvalue weighted by molar-refractivity contribution is -0.121. The highest BCUT2D eigenvalue weighted by atomic mass is 32.1. The summed E-state index contributed by atoms with van der Waals surface area (Å²) in [5.41, 5.74) is 0.338. The number of piperidine rings is 1. The number of nitrogens with zero attached hydrogens (tertiary/aromatic N) is 3. The van der Waals surface area contributed by atoms with E-state index >= 15 is 0 Å². The zero-order valence-corrected chi connectivity index (χ0v) is 17.0. The molecule has 28 heavy (non-hydrogen) atoms. The summed E-state index contributed by atoms with van der Waals surface area (Å²) < 4.78 is 13.3. The molecule has 0 bridgehead atoms. The van der Waals surface area contributed by atoms with Gasteiger partial charge in [-0.2, -0.15) is 0 Å². The molecule has 0 spiro atoms. The average molecular weight is 405 g/mol. The fourth-order valence-electron chi connectivity index (χ4n) is 3.40. The number of amides is 2. The van der Waals surface area contributed by atoms with Crippen molar-refractivity contribution >= 4 is 28.3 Å².